The molecule has 8 heteroatoms. The van der Waals surface area contributed by atoms with Crippen molar-refractivity contribution in [2.24, 2.45) is 0 Å². The van der Waals surface area contributed by atoms with E-state index in [0.29, 0.717) is 11.4 Å². The minimum atomic E-state index is -0.586. The molecule has 0 unspecified atom stereocenters. The van der Waals surface area contributed by atoms with Gasteiger partial charge in [-0.05, 0) is 30.3 Å². The van der Waals surface area contributed by atoms with Crippen LogP contribution in [0.5, 0.6) is 5.75 Å². The Kier molecular flexibility index (Phi) is 5.37. The zero-order valence-electron chi connectivity index (χ0n) is 12.0. The van der Waals surface area contributed by atoms with Crippen LogP contribution in [0.3, 0.4) is 0 Å². The standard InChI is InChI=1S/C15H14ClN3O4/c16-14-6-3-11(19(21)22)9-13(14)15(20)18-7-8-23-12-4-1-10(17)2-5-12/h1-6,9H,7-8,17H2,(H,18,20). The molecule has 0 spiro atoms. The number of non-ortho nitro benzene ring substituents is 1. The van der Waals surface area contributed by atoms with Crippen molar-refractivity contribution in [1.29, 1.82) is 0 Å². The van der Waals surface area contributed by atoms with E-state index in [-0.39, 0.29) is 29.4 Å². The number of carbonyl (C=O) groups excluding carboxylic acids is 1. The van der Waals surface area contributed by atoms with Gasteiger partial charge in [0.25, 0.3) is 11.6 Å². The highest BCUT2D eigenvalue weighted by molar-refractivity contribution is 6.33. The molecule has 2 rings (SSSR count). The Balaban J connectivity index is 1.88. The first-order valence-electron chi connectivity index (χ1n) is 6.68. The van der Waals surface area contributed by atoms with Gasteiger partial charge in [-0.15, -0.1) is 0 Å². The summed E-state index contributed by atoms with van der Waals surface area (Å²) in [6.45, 7) is 0.463. The number of anilines is 1. The summed E-state index contributed by atoms with van der Waals surface area (Å²) >= 11 is 5.89. The fraction of sp³-hybridized carbons (Fsp3) is 0.133. The van der Waals surface area contributed by atoms with E-state index >= 15 is 0 Å². The van der Waals surface area contributed by atoms with Crippen molar-refractivity contribution >= 4 is 28.9 Å². The summed E-state index contributed by atoms with van der Waals surface area (Å²) in [5, 5.41) is 13.5. The van der Waals surface area contributed by atoms with Crippen LogP contribution in [0.25, 0.3) is 0 Å². The van der Waals surface area contributed by atoms with E-state index in [0.717, 1.165) is 6.07 Å². The fourth-order valence-corrected chi connectivity index (χ4v) is 2.00. The molecule has 0 saturated carbocycles. The Labute approximate surface area is 137 Å². The number of amides is 1. The summed E-state index contributed by atoms with van der Waals surface area (Å²) in [4.78, 5) is 22.2. The number of nitro groups is 1. The molecule has 0 atom stereocenters. The van der Waals surface area contributed by atoms with Crippen LogP contribution in [0.2, 0.25) is 5.02 Å². The molecule has 0 bridgehead atoms. The SMILES string of the molecule is Nc1ccc(OCCNC(=O)c2cc([N+](=O)[O-])ccc2Cl)cc1. The van der Waals surface area contributed by atoms with E-state index in [2.05, 4.69) is 5.32 Å². The molecule has 0 aliphatic heterocycles. The summed E-state index contributed by atoms with van der Waals surface area (Å²) in [7, 11) is 0. The number of nitrogen functional groups attached to an aromatic ring is 1. The Morgan fingerprint density at radius 1 is 1.26 bits per heavy atom. The van der Waals surface area contributed by atoms with Gasteiger partial charge in [-0.1, -0.05) is 11.6 Å². The highest BCUT2D eigenvalue weighted by Gasteiger charge is 2.15. The number of nitrogens with two attached hydrogens (primary N) is 1. The van der Waals surface area contributed by atoms with Crippen molar-refractivity contribution in [1.82, 2.24) is 5.32 Å². The number of nitro benzene ring substituents is 1. The topological polar surface area (TPSA) is 107 Å². The molecule has 1 amide bonds. The lowest BCUT2D eigenvalue weighted by Crippen LogP contribution is -2.28. The summed E-state index contributed by atoms with van der Waals surface area (Å²) in [5.74, 6) is 0.126. The van der Waals surface area contributed by atoms with Crippen LogP contribution in [-0.4, -0.2) is 24.0 Å². The van der Waals surface area contributed by atoms with Gasteiger partial charge in [0.2, 0.25) is 0 Å². The van der Waals surface area contributed by atoms with Crippen LogP contribution in [0.15, 0.2) is 42.5 Å². The Morgan fingerprint density at radius 3 is 2.61 bits per heavy atom. The average Bonchev–Trinajstić information content (AvgIpc) is 2.53. The normalized spacial score (nSPS) is 10.1. The fourth-order valence-electron chi connectivity index (χ4n) is 1.79. The van der Waals surface area contributed by atoms with Crippen LogP contribution in [0.1, 0.15) is 10.4 Å². The molecule has 3 N–H and O–H groups in total. The molecule has 23 heavy (non-hydrogen) atoms. The van der Waals surface area contributed by atoms with Gasteiger partial charge in [0.15, 0.2) is 0 Å². The van der Waals surface area contributed by atoms with Crippen LogP contribution in [0.4, 0.5) is 11.4 Å². The zero-order chi connectivity index (χ0) is 16.8. The van der Waals surface area contributed by atoms with E-state index in [1.54, 1.807) is 24.3 Å². The number of benzene rings is 2. The van der Waals surface area contributed by atoms with E-state index < -0.39 is 10.8 Å². The third-order valence-electron chi connectivity index (χ3n) is 2.94. The molecular weight excluding hydrogens is 322 g/mol. The molecule has 0 aliphatic rings. The number of carbonyl (C=O) groups is 1. The lowest BCUT2D eigenvalue weighted by Gasteiger charge is -2.09. The largest absolute Gasteiger partial charge is 0.492 e. The van der Waals surface area contributed by atoms with E-state index in [4.69, 9.17) is 22.1 Å². The third kappa shape index (κ3) is 4.58. The van der Waals surface area contributed by atoms with Crippen molar-refractivity contribution in [3.05, 3.63) is 63.2 Å². The van der Waals surface area contributed by atoms with Crippen LogP contribution >= 0.6 is 11.6 Å². The van der Waals surface area contributed by atoms with Crippen LogP contribution in [0, 0.1) is 10.1 Å². The number of nitrogens with zero attached hydrogens (tertiary/aromatic N) is 1. The number of halogens is 1. The molecule has 7 nitrogen and oxygen atoms in total. The number of rotatable bonds is 6. The average molecular weight is 336 g/mol. The second kappa shape index (κ2) is 7.46. The molecule has 2 aromatic carbocycles. The molecule has 0 radical (unpaired) electrons. The van der Waals surface area contributed by atoms with Gasteiger partial charge < -0.3 is 15.8 Å². The highest BCUT2D eigenvalue weighted by atomic mass is 35.5. The van der Waals surface area contributed by atoms with Gasteiger partial charge in [0, 0.05) is 17.8 Å². The number of hydrogen-bond donors (Lipinski definition) is 2. The second-order valence-corrected chi connectivity index (χ2v) is 5.00. The van der Waals surface area contributed by atoms with E-state index in [1.165, 1.54) is 12.1 Å². The Hall–Kier alpha value is -2.80. The molecule has 120 valence electrons. The predicted molar refractivity (Wildman–Crippen MR) is 86.8 cm³/mol. The number of hydrogen-bond acceptors (Lipinski definition) is 5. The number of ether oxygens (including phenoxy) is 1. The Morgan fingerprint density at radius 2 is 1.96 bits per heavy atom. The maximum atomic E-state index is 12.0. The lowest BCUT2D eigenvalue weighted by molar-refractivity contribution is -0.384. The quantitative estimate of drug-likeness (QED) is 0.365. The lowest BCUT2D eigenvalue weighted by atomic mass is 10.2. The Bertz CT molecular complexity index is 719. The van der Waals surface area contributed by atoms with Crippen LogP contribution in [-0.2, 0) is 0 Å². The summed E-state index contributed by atoms with van der Waals surface area (Å²) in [6.07, 6.45) is 0. The second-order valence-electron chi connectivity index (χ2n) is 4.59. The molecule has 0 heterocycles. The summed E-state index contributed by atoms with van der Waals surface area (Å²) in [5.41, 5.74) is 6.04. The van der Waals surface area contributed by atoms with Crippen molar-refractivity contribution in [2.45, 2.75) is 0 Å². The highest BCUT2D eigenvalue weighted by Crippen LogP contribution is 2.21. The van der Waals surface area contributed by atoms with Gasteiger partial charge in [0.05, 0.1) is 22.1 Å². The van der Waals surface area contributed by atoms with Gasteiger partial charge in [-0.2, -0.15) is 0 Å². The predicted octanol–water partition coefficient (Wildman–Crippen LogP) is 2.64. The first kappa shape index (κ1) is 16.6. The van der Waals surface area contributed by atoms with Gasteiger partial charge in [-0.3, -0.25) is 14.9 Å². The molecule has 2 aromatic rings. The molecule has 0 aromatic heterocycles. The minimum absolute atomic E-state index is 0.0494. The van der Waals surface area contributed by atoms with Crippen molar-refractivity contribution in [3.63, 3.8) is 0 Å². The monoisotopic (exact) mass is 335 g/mol. The van der Waals surface area contributed by atoms with Gasteiger partial charge >= 0.3 is 0 Å². The summed E-state index contributed by atoms with van der Waals surface area (Å²) < 4.78 is 5.43. The third-order valence-corrected chi connectivity index (χ3v) is 3.27. The van der Waals surface area contributed by atoms with Crippen molar-refractivity contribution in [2.75, 3.05) is 18.9 Å². The summed E-state index contributed by atoms with van der Waals surface area (Å²) in [6, 6.07) is 10.5. The van der Waals surface area contributed by atoms with E-state index in [1.807, 2.05) is 0 Å². The first-order chi connectivity index (χ1) is 11.0. The zero-order valence-corrected chi connectivity index (χ0v) is 12.7. The maximum Gasteiger partial charge on any atom is 0.270 e. The molecule has 0 saturated heterocycles. The van der Waals surface area contributed by atoms with Crippen LogP contribution < -0.4 is 15.8 Å². The van der Waals surface area contributed by atoms with Gasteiger partial charge in [-0.25, -0.2) is 0 Å². The molecule has 0 fully saturated rings. The van der Waals surface area contributed by atoms with E-state index in [9.17, 15) is 14.9 Å². The minimum Gasteiger partial charge on any atom is -0.492 e. The first-order valence-corrected chi connectivity index (χ1v) is 7.05. The number of nitrogens with one attached hydrogen (secondary N) is 1. The van der Waals surface area contributed by atoms with Crippen molar-refractivity contribution < 1.29 is 14.5 Å². The molecular formula is C15H14ClN3O4. The maximum absolute atomic E-state index is 12.0. The molecule has 0 aliphatic carbocycles. The van der Waals surface area contributed by atoms with Gasteiger partial charge in [0.1, 0.15) is 12.4 Å². The smallest absolute Gasteiger partial charge is 0.270 e. The van der Waals surface area contributed by atoms with Crippen molar-refractivity contribution in [3.8, 4) is 5.75 Å².